The molecule has 152 valence electrons. The molecule has 0 spiro atoms. The van der Waals surface area contributed by atoms with Crippen LogP contribution in [-0.4, -0.2) is 22.0 Å². The van der Waals surface area contributed by atoms with Crippen LogP contribution in [0.2, 0.25) is 0 Å². The quantitative estimate of drug-likeness (QED) is 0.296. The first-order valence-electron chi connectivity index (χ1n) is 8.45. The molecule has 3 N–H and O–H groups in total. The van der Waals surface area contributed by atoms with E-state index in [0.717, 1.165) is 16.2 Å². The minimum atomic E-state index is -1.18. The van der Waals surface area contributed by atoms with Gasteiger partial charge in [0, 0.05) is 32.4 Å². The molecule has 2 amide bonds. The van der Waals surface area contributed by atoms with Crippen LogP contribution in [0.3, 0.4) is 0 Å². The third-order valence-electron chi connectivity index (χ3n) is 3.85. The highest BCUT2D eigenvalue weighted by atomic mass is 79.9. The summed E-state index contributed by atoms with van der Waals surface area (Å²) in [6, 6.07) is 17.6. The second-order valence-electron chi connectivity index (χ2n) is 5.96. The molecular weight excluding hydrogens is 474 g/mol. The number of nitro groups is 1. The maximum Gasteiger partial charge on any atom is 0.409 e. The van der Waals surface area contributed by atoms with Gasteiger partial charge in [-0.05, 0) is 60.7 Å². The lowest BCUT2D eigenvalue weighted by molar-refractivity contribution is -0.387. The first-order valence-corrected chi connectivity index (χ1v) is 10.1. The fourth-order valence-electron chi connectivity index (χ4n) is 2.48. The van der Waals surface area contributed by atoms with Crippen LogP contribution in [0.15, 0.2) is 81.0 Å². The number of nitro benzene ring substituents is 1. The summed E-state index contributed by atoms with van der Waals surface area (Å²) in [6.45, 7) is 0. The number of rotatable bonds is 6. The average molecular weight is 488 g/mol. The van der Waals surface area contributed by atoms with E-state index in [1.54, 1.807) is 48.5 Å². The van der Waals surface area contributed by atoms with Gasteiger partial charge >= 0.3 is 6.09 Å². The van der Waals surface area contributed by atoms with Crippen LogP contribution in [0.4, 0.5) is 21.9 Å². The van der Waals surface area contributed by atoms with E-state index in [1.165, 1.54) is 18.2 Å². The molecule has 0 saturated heterocycles. The summed E-state index contributed by atoms with van der Waals surface area (Å²) in [5.74, 6) is -0.457. The zero-order chi connectivity index (χ0) is 21.7. The van der Waals surface area contributed by atoms with Gasteiger partial charge in [0.05, 0.1) is 9.82 Å². The van der Waals surface area contributed by atoms with Crippen molar-refractivity contribution >= 4 is 56.8 Å². The number of carbonyl (C=O) groups excluding carboxylic acids is 1. The summed E-state index contributed by atoms with van der Waals surface area (Å²) < 4.78 is 0.865. The lowest BCUT2D eigenvalue weighted by Crippen LogP contribution is -2.12. The number of hydrogen-bond acceptors (Lipinski definition) is 5. The third kappa shape index (κ3) is 5.58. The van der Waals surface area contributed by atoms with E-state index in [9.17, 15) is 19.7 Å². The van der Waals surface area contributed by atoms with Gasteiger partial charge in [0.1, 0.15) is 0 Å². The topological polar surface area (TPSA) is 122 Å². The number of benzene rings is 3. The molecule has 0 heterocycles. The second-order valence-corrected chi connectivity index (χ2v) is 7.99. The molecule has 0 radical (unpaired) electrons. The van der Waals surface area contributed by atoms with Gasteiger partial charge in [-0.25, -0.2) is 4.79 Å². The monoisotopic (exact) mass is 487 g/mol. The molecule has 0 unspecified atom stereocenters. The Balaban J connectivity index is 1.79. The van der Waals surface area contributed by atoms with Gasteiger partial charge in [-0.2, -0.15) is 0 Å². The van der Waals surface area contributed by atoms with E-state index < -0.39 is 16.9 Å². The molecule has 3 rings (SSSR count). The van der Waals surface area contributed by atoms with Gasteiger partial charge in [0.2, 0.25) is 0 Å². The number of carboxylic acid groups (broad SMARTS) is 1. The Morgan fingerprint density at radius 1 is 0.933 bits per heavy atom. The van der Waals surface area contributed by atoms with Crippen LogP contribution in [0.25, 0.3) is 0 Å². The van der Waals surface area contributed by atoms with Gasteiger partial charge in [-0.1, -0.05) is 27.7 Å². The van der Waals surface area contributed by atoms with E-state index in [2.05, 4.69) is 26.6 Å². The van der Waals surface area contributed by atoms with Gasteiger partial charge in [0.15, 0.2) is 0 Å². The average Bonchev–Trinajstić information content (AvgIpc) is 2.71. The minimum absolute atomic E-state index is 0.162. The minimum Gasteiger partial charge on any atom is -0.465 e. The van der Waals surface area contributed by atoms with Crippen molar-refractivity contribution in [1.82, 2.24) is 0 Å². The lowest BCUT2D eigenvalue weighted by Gasteiger charge is -2.08. The van der Waals surface area contributed by atoms with Crippen molar-refractivity contribution in [3.63, 3.8) is 0 Å². The number of nitrogens with zero attached hydrogens (tertiary/aromatic N) is 1. The summed E-state index contributed by atoms with van der Waals surface area (Å²) in [6.07, 6.45) is -1.18. The molecule has 0 atom stereocenters. The SMILES string of the molecule is O=C(O)Nc1ccc(Sc2ccc(C(=O)Nc3ccc(Br)cc3)cc2[N+](=O)[O-])cc1. The Morgan fingerprint density at radius 3 is 2.13 bits per heavy atom. The zero-order valence-electron chi connectivity index (χ0n) is 15.2. The predicted octanol–water partition coefficient (Wildman–Crippen LogP) is 5.85. The van der Waals surface area contributed by atoms with Gasteiger partial charge in [0.25, 0.3) is 11.6 Å². The van der Waals surface area contributed by atoms with Gasteiger partial charge in [-0.15, -0.1) is 0 Å². The molecule has 0 fully saturated rings. The molecule has 0 aliphatic heterocycles. The summed E-state index contributed by atoms with van der Waals surface area (Å²) in [5, 5.41) is 25.2. The highest BCUT2D eigenvalue weighted by Crippen LogP contribution is 2.36. The molecule has 0 saturated carbocycles. The fourth-order valence-corrected chi connectivity index (χ4v) is 3.65. The van der Waals surface area contributed by atoms with E-state index in [1.807, 2.05) is 0 Å². The highest BCUT2D eigenvalue weighted by molar-refractivity contribution is 9.10. The van der Waals surface area contributed by atoms with Crippen molar-refractivity contribution in [3.8, 4) is 0 Å². The van der Waals surface area contributed by atoms with Crippen molar-refractivity contribution < 1.29 is 19.6 Å². The van der Waals surface area contributed by atoms with Crippen molar-refractivity contribution in [3.05, 3.63) is 86.9 Å². The Kier molecular flexibility index (Phi) is 6.70. The molecule has 3 aromatic rings. The maximum absolute atomic E-state index is 12.5. The maximum atomic E-state index is 12.5. The Morgan fingerprint density at radius 2 is 1.53 bits per heavy atom. The number of anilines is 2. The van der Waals surface area contributed by atoms with Gasteiger partial charge < -0.3 is 10.4 Å². The van der Waals surface area contributed by atoms with E-state index >= 15 is 0 Å². The third-order valence-corrected chi connectivity index (χ3v) is 5.45. The van der Waals surface area contributed by atoms with Crippen LogP contribution in [0.1, 0.15) is 10.4 Å². The highest BCUT2D eigenvalue weighted by Gasteiger charge is 2.19. The molecule has 10 heteroatoms. The van der Waals surface area contributed by atoms with Gasteiger partial charge in [-0.3, -0.25) is 20.2 Å². The number of halogens is 1. The van der Waals surface area contributed by atoms with Crippen molar-refractivity contribution in [1.29, 1.82) is 0 Å². The van der Waals surface area contributed by atoms with Crippen LogP contribution < -0.4 is 10.6 Å². The second kappa shape index (κ2) is 9.42. The van der Waals surface area contributed by atoms with Crippen molar-refractivity contribution in [2.24, 2.45) is 0 Å². The molecule has 3 aromatic carbocycles. The Labute approximate surface area is 183 Å². The fraction of sp³-hybridized carbons (Fsp3) is 0. The molecule has 0 bridgehead atoms. The Hall–Kier alpha value is -3.37. The molecule has 8 nitrogen and oxygen atoms in total. The van der Waals surface area contributed by atoms with Crippen LogP contribution in [-0.2, 0) is 0 Å². The van der Waals surface area contributed by atoms with Crippen molar-refractivity contribution in [2.75, 3.05) is 10.6 Å². The molecular formula is C20H14BrN3O5S. The summed E-state index contributed by atoms with van der Waals surface area (Å²) in [5.41, 5.74) is 0.923. The molecule has 30 heavy (non-hydrogen) atoms. The number of hydrogen-bond donors (Lipinski definition) is 3. The van der Waals surface area contributed by atoms with Crippen LogP contribution in [0.5, 0.6) is 0 Å². The van der Waals surface area contributed by atoms with E-state index in [4.69, 9.17) is 5.11 Å². The lowest BCUT2D eigenvalue weighted by atomic mass is 10.2. The Bertz CT molecular complexity index is 1100. The predicted molar refractivity (Wildman–Crippen MR) is 117 cm³/mol. The standard InChI is InChI=1S/C20H14BrN3O5S/c21-13-2-4-14(5-3-13)22-19(25)12-1-10-18(17(11-12)24(28)29)30-16-8-6-15(7-9-16)23-20(26)27/h1-11,23H,(H,22,25)(H,26,27). The molecule has 0 aliphatic rings. The largest absolute Gasteiger partial charge is 0.465 e. The van der Waals surface area contributed by atoms with Crippen molar-refractivity contribution in [2.45, 2.75) is 9.79 Å². The molecule has 0 aliphatic carbocycles. The van der Waals surface area contributed by atoms with E-state index in [0.29, 0.717) is 21.2 Å². The summed E-state index contributed by atoms with van der Waals surface area (Å²) in [7, 11) is 0. The first-order chi connectivity index (χ1) is 14.3. The summed E-state index contributed by atoms with van der Waals surface area (Å²) >= 11 is 4.45. The van der Waals surface area contributed by atoms with E-state index in [-0.39, 0.29) is 11.3 Å². The number of amides is 2. The summed E-state index contributed by atoms with van der Waals surface area (Å²) in [4.78, 5) is 35.2. The van der Waals surface area contributed by atoms with Crippen LogP contribution in [0, 0.1) is 10.1 Å². The zero-order valence-corrected chi connectivity index (χ0v) is 17.6. The smallest absolute Gasteiger partial charge is 0.409 e. The number of carbonyl (C=O) groups is 2. The normalized spacial score (nSPS) is 10.3. The molecule has 0 aromatic heterocycles. The van der Waals surface area contributed by atoms with Crippen LogP contribution >= 0.6 is 27.7 Å². The first kappa shape index (κ1) is 21.3. The number of nitrogens with one attached hydrogen (secondary N) is 2.